The molecule has 1 amide bonds. The van der Waals surface area contributed by atoms with Crippen molar-refractivity contribution in [2.45, 2.75) is 32.2 Å². The molecule has 2 aromatic carbocycles. The lowest BCUT2D eigenvalue weighted by Crippen LogP contribution is -2.31. The summed E-state index contributed by atoms with van der Waals surface area (Å²) in [6, 6.07) is 12.9. The zero-order valence-corrected chi connectivity index (χ0v) is 13.4. The first-order valence-electron chi connectivity index (χ1n) is 8.21. The monoisotopic (exact) mass is 323 g/mol. The minimum absolute atomic E-state index is 0.0279. The van der Waals surface area contributed by atoms with Crippen LogP contribution in [0.2, 0.25) is 0 Å². The number of carbonyl (C=O) groups is 1. The second-order valence-electron chi connectivity index (χ2n) is 6.29. The number of nitrogens with one attached hydrogen (secondary N) is 1. The normalized spacial score (nSPS) is 16.8. The fourth-order valence-corrected chi connectivity index (χ4v) is 3.55. The van der Waals surface area contributed by atoms with Crippen LogP contribution in [0.4, 0.5) is 4.39 Å². The third-order valence-electron chi connectivity index (χ3n) is 4.80. The predicted octanol–water partition coefficient (Wildman–Crippen LogP) is 4.69. The number of benzene rings is 2. The fraction of sp³-hybridized carbons (Fsp3) is 0.250. The zero-order valence-electron chi connectivity index (χ0n) is 13.4. The highest BCUT2D eigenvalue weighted by Gasteiger charge is 2.25. The maximum atomic E-state index is 13.9. The summed E-state index contributed by atoms with van der Waals surface area (Å²) in [6.07, 6.45) is 2.98. The van der Waals surface area contributed by atoms with Gasteiger partial charge >= 0.3 is 0 Å². The van der Waals surface area contributed by atoms with E-state index in [1.165, 1.54) is 11.6 Å². The Hall–Kier alpha value is -2.62. The van der Waals surface area contributed by atoms with Crippen molar-refractivity contribution in [1.82, 2.24) is 5.32 Å². The largest absolute Gasteiger partial charge is 0.448 e. The molecule has 1 aromatic heterocycles. The van der Waals surface area contributed by atoms with E-state index in [0.717, 1.165) is 24.8 Å². The van der Waals surface area contributed by atoms with Gasteiger partial charge in [0.05, 0.1) is 6.04 Å². The Morgan fingerprint density at radius 3 is 2.88 bits per heavy atom. The van der Waals surface area contributed by atoms with Gasteiger partial charge in [0.15, 0.2) is 17.2 Å². The van der Waals surface area contributed by atoms with Crippen molar-refractivity contribution in [1.29, 1.82) is 0 Å². The number of hydrogen-bond acceptors (Lipinski definition) is 2. The van der Waals surface area contributed by atoms with Gasteiger partial charge in [-0.25, -0.2) is 4.39 Å². The highest BCUT2D eigenvalue weighted by Crippen LogP contribution is 2.31. The van der Waals surface area contributed by atoms with Gasteiger partial charge in [-0.1, -0.05) is 36.4 Å². The molecule has 0 saturated heterocycles. The molecule has 0 spiro atoms. The average Bonchev–Trinajstić information content (AvgIpc) is 2.94. The van der Waals surface area contributed by atoms with E-state index in [9.17, 15) is 9.18 Å². The van der Waals surface area contributed by atoms with Crippen molar-refractivity contribution in [2.75, 3.05) is 0 Å². The number of amides is 1. The first-order valence-corrected chi connectivity index (χ1v) is 8.21. The molecule has 122 valence electrons. The molecule has 0 radical (unpaired) electrons. The first-order chi connectivity index (χ1) is 11.6. The quantitative estimate of drug-likeness (QED) is 0.743. The molecule has 3 nitrogen and oxygen atoms in total. The molecule has 4 heteroatoms. The van der Waals surface area contributed by atoms with Gasteiger partial charge in [-0.2, -0.15) is 0 Å². The number of furan rings is 1. The van der Waals surface area contributed by atoms with E-state index in [4.69, 9.17) is 4.42 Å². The zero-order chi connectivity index (χ0) is 16.7. The SMILES string of the molecule is Cc1c(C(=O)N[C@H]2CCCc3ccccc32)oc2c(F)cccc12. The lowest BCUT2D eigenvalue weighted by Gasteiger charge is -2.26. The smallest absolute Gasteiger partial charge is 0.287 e. The molecule has 0 aliphatic heterocycles. The Balaban J connectivity index is 1.66. The molecule has 0 unspecified atom stereocenters. The van der Waals surface area contributed by atoms with Gasteiger partial charge < -0.3 is 9.73 Å². The summed E-state index contributed by atoms with van der Waals surface area (Å²) in [4.78, 5) is 12.7. The highest BCUT2D eigenvalue weighted by molar-refractivity contribution is 5.99. The molecule has 3 aromatic rings. The maximum absolute atomic E-state index is 13.9. The molecular formula is C20H18FNO2. The number of fused-ring (bicyclic) bond motifs is 2. The van der Waals surface area contributed by atoms with Gasteiger partial charge in [0, 0.05) is 10.9 Å². The van der Waals surface area contributed by atoms with Crippen molar-refractivity contribution in [3.63, 3.8) is 0 Å². The summed E-state index contributed by atoms with van der Waals surface area (Å²) in [5.74, 6) is -0.541. The summed E-state index contributed by atoms with van der Waals surface area (Å²) < 4.78 is 19.4. The van der Waals surface area contributed by atoms with Crippen LogP contribution in [-0.2, 0) is 6.42 Å². The fourth-order valence-electron chi connectivity index (χ4n) is 3.55. The Morgan fingerprint density at radius 2 is 2.04 bits per heavy atom. The molecule has 1 N–H and O–H groups in total. The highest BCUT2D eigenvalue weighted by atomic mass is 19.1. The summed E-state index contributed by atoms with van der Waals surface area (Å²) in [7, 11) is 0. The Bertz CT molecular complexity index is 929. The van der Waals surface area contributed by atoms with E-state index >= 15 is 0 Å². The standard InChI is InChI=1S/C20H18FNO2/c1-12-14-9-5-10-16(21)19(14)24-18(12)20(23)22-17-11-4-7-13-6-2-3-8-15(13)17/h2-3,5-6,8-10,17H,4,7,11H2,1H3,(H,22,23)/t17-/m0/s1. The van der Waals surface area contributed by atoms with Gasteiger partial charge in [0.1, 0.15) is 0 Å². The first kappa shape index (κ1) is 14.9. The number of halogens is 1. The van der Waals surface area contributed by atoms with Gasteiger partial charge in [-0.05, 0) is 43.4 Å². The van der Waals surface area contributed by atoms with Crippen molar-refractivity contribution in [2.24, 2.45) is 0 Å². The lowest BCUT2D eigenvalue weighted by molar-refractivity contribution is 0.0905. The van der Waals surface area contributed by atoms with Gasteiger partial charge in [0.2, 0.25) is 0 Å². The number of hydrogen-bond donors (Lipinski definition) is 1. The second-order valence-corrected chi connectivity index (χ2v) is 6.29. The van der Waals surface area contributed by atoms with Crippen LogP contribution >= 0.6 is 0 Å². The number of aryl methyl sites for hydroxylation is 2. The van der Waals surface area contributed by atoms with Crippen molar-refractivity contribution < 1.29 is 13.6 Å². The molecule has 1 aliphatic carbocycles. The second kappa shape index (κ2) is 5.78. The van der Waals surface area contributed by atoms with E-state index in [2.05, 4.69) is 17.4 Å². The Labute approximate surface area is 139 Å². The van der Waals surface area contributed by atoms with E-state index in [1.54, 1.807) is 19.1 Å². The van der Waals surface area contributed by atoms with E-state index in [-0.39, 0.29) is 23.3 Å². The third kappa shape index (κ3) is 2.39. The summed E-state index contributed by atoms with van der Waals surface area (Å²) >= 11 is 0. The number of carbonyl (C=O) groups excluding carboxylic acids is 1. The van der Waals surface area contributed by atoms with Crippen LogP contribution in [0.1, 0.15) is 46.1 Å². The Morgan fingerprint density at radius 1 is 1.21 bits per heavy atom. The minimum Gasteiger partial charge on any atom is -0.448 e. The average molecular weight is 323 g/mol. The van der Waals surface area contributed by atoms with E-state index in [1.807, 2.05) is 12.1 Å². The molecule has 0 fully saturated rings. The van der Waals surface area contributed by atoms with Crippen LogP contribution in [-0.4, -0.2) is 5.91 Å². The Kier molecular flexibility index (Phi) is 3.60. The van der Waals surface area contributed by atoms with E-state index < -0.39 is 5.82 Å². The maximum Gasteiger partial charge on any atom is 0.287 e. The van der Waals surface area contributed by atoms with Gasteiger partial charge in [-0.15, -0.1) is 0 Å². The molecule has 1 aliphatic rings. The van der Waals surface area contributed by atoms with Crippen LogP contribution < -0.4 is 5.32 Å². The van der Waals surface area contributed by atoms with Crippen LogP contribution in [0.5, 0.6) is 0 Å². The van der Waals surface area contributed by atoms with Crippen molar-refractivity contribution >= 4 is 16.9 Å². The van der Waals surface area contributed by atoms with Crippen molar-refractivity contribution in [3.05, 3.63) is 70.7 Å². The van der Waals surface area contributed by atoms with Crippen LogP contribution in [0, 0.1) is 12.7 Å². The molecule has 0 saturated carbocycles. The molecule has 4 rings (SSSR count). The molecule has 1 atom stereocenters. The van der Waals surface area contributed by atoms with Crippen LogP contribution in [0.3, 0.4) is 0 Å². The summed E-state index contributed by atoms with van der Waals surface area (Å²) in [5, 5.41) is 3.70. The number of para-hydroxylation sites is 1. The topological polar surface area (TPSA) is 42.2 Å². The minimum atomic E-state index is -0.447. The summed E-state index contributed by atoms with van der Waals surface area (Å²) in [5.41, 5.74) is 3.26. The molecule has 0 bridgehead atoms. The van der Waals surface area contributed by atoms with Crippen molar-refractivity contribution in [3.8, 4) is 0 Å². The van der Waals surface area contributed by atoms with Gasteiger partial charge in [-0.3, -0.25) is 4.79 Å². The predicted molar refractivity (Wildman–Crippen MR) is 90.5 cm³/mol. The summed E-state index contributed by atoms with van der Waals surface area (Å²) in [6.45, 7) is 1.79. The third-order valence-corrected chi connectivity index (χ3v) is 4.80. The van der Waals surface area contributed by atoms with Crippen LogP contribution in [0.15, 0.2) is 46.9 Å². The molecule has 24 heavy (non-hydrogen) atoms. The van der Waals surface area contributed by atoms with Gasteiger partial charge in [0.25, 0.3) is 5.91 Å². The number of rotatable bonds is 2. The van der Waals surface area contributed by atoms with Crippen LogP contribution in [0.25, 0.3) is 11.0 Å². The van der Waals surface area contributed by atoms with E-state index in [0.29, 0.717) is 10.9 Å². The lowest BCUT2D eigenvalue weighted by atomic mass is 9.87. The molecular weight excluding hydrogens is 305 g/mol. The molecule has 1 heterocycles.